The number of rotatable bonds is 38. The molecule has 1 amide bonds. The molecule has 0 rings (SSSR count). The molecule has 2 atom stereocenters. The van der Waals surface area contributed by atoms with E-state index >= 15 is 0 Å². The van der Waals surface area contributed by atoms with Crippen LogP contribution in [0.3, 0.4) is 0 Å². The van der Waals surface area contributed by atoms with Crippen LogP contribution in [0.4, 0.5) is 0 Å². The summed E-state index contributed by atoms with van der Waals surface area (Å²) in [4.78, 5) is 12.3. The molecule has 0 heterocycles. The first-order valence-corrected chi connectivity index (χ1v) is 20.9. The molecule has 0 aliphatic carbocycles. The minimum Gasteiger partial charge on any atom is -0.394 e. The van der Waals surface area contributed by atoms with Crippen LogP contribution in [0.5, 0.6) is 0 Å². The molecule has 0 aromatic rings. The van der Waals surface area contributed by atoms with Crippen LogP contribution in [-0.2, 0) is 4.79 Å². The first kappa shape index (κ1) is 45.1. The maximum Gasteiger partial charge on any atom is 0.220 e. The zero-order valence-electron chi connectivity index (χ0n) is 31.4. The molecule has 0 aromatic carbocycles. The van der Waals surface area contributed by atoms with Crippen molar-refractivity contribution in [3.8, 4) is 0 Å². The predicted molar refractivity (Wildman–Crippen MR) is 202 cm³/mol. The highest BCUT2D eigenvalue weighted by molar-refractivity contribution is 5.76. The number of nitrogens with one attached hydrogen (secondary N) is 1. The van der Waals surface area contributed by atoms with E-state index in [1.54, 1.807) is 6.08 Å². The minimum atomic E-state index is -0.832. The van der Waals surface area contributed by atoms with Crippen molar-refractivity contribution in [3.05, 3.63) is 12.2 Å². The summed E-state index contributed by atoms with van der Waals surface area (Å²) in [5, 5.41) is 22.9. The van der Waals surface area contributed by atoms with Crippen LogP contribution in [-0.4, -0.2) is 34.9 Å². The average molecular weight is 650 g/mol. The van der Waals surface area contributed by atoms with E-state index in [4.69, 9.17) is 0 Å². The van der Waals surface area contributed by atoms with Crippen LogP contribution < -0.4 is 5.32 Å². The second kappa shape index (κ2) is 38.6. The minimum absolute atomic E-state index is 0.0605. The van der Waals surface area contributed by atoms with Gasteiger partial charge in [-0.15, -0.1) is 0 Å². The standard InChI is InChI=1S/C42H83NO3/c1-3-5-7-9-11-13-15-17-18-19-20-21-22-23-24-26-28-30-32-34-36-38-42(46)43-40(39-44)41(45)37-35-33-31-29-27-25-16-14-12-10-8-6-4-2/h35,37,40-41,44-45H,3-34,36,38-39H2,1-2H3,(H,43,46)/t40-,41-/m0/s1. The van der Waals surface area contributed by atoms with Crippen molar-refractivity contribution in [1.82, 2.24) is 5.32 Å². The average Bonchev–Trinajstić information content (AvgIpc) is 3.06. The van der Waals surface area contributed by atoms with Gasteiger partial charge in [0.2, 0.25) is 5.91 Å². The third-order valence-electron chi connectivity index (χ3n) is 9.77. The highest BCUT2D eigenvalue weighted by Gasteiger charge is 2.17. The van der Waals surface area contributed by atoms with E-state index in [2.05, 4.69) is 19.2 Å². The highest BCUT2D eigenvalue weighted by atomic mass is 16.3. The Hall–Kier alpha value is -0.870. The summed E-state index contributed by atoms with van der Waals surface area (Å²) in [5.74, 6) is -0.0605. The van der Waals surface area contributed by atoms with Crippen LogP contribution in [0, 0.1) is 0 Å². The quantitative estimate of drug-likeness (QED) is 0.0460. The molecule has 0 aliphatic heterocycles. The van der Waals surface area contributed by atoms with E-state index in [1.807, 2.05) is 6.08 Å². The van der Waals surface area contributed by atoms with Crippen LogP contribution in [0.2, 0.25) is 0 Å². The maximum absolute atomic E-state index is 12.3. The monoisotopic (exact) mass is 650 g/mol. The Morgan fingerprint density at radius 1 is 0.500 bits per heavy atom. The van der Waals surface area contributed by atoms with Gasteiger partial charge in [-0.2, -0.15) is 0 Å². The fourth-order valence-corrected chi connectivity index (χ4v) is 6.53. The van der Waals surface area contributed by atoms with E-state index < -0.39 is 12.1 Å². The molecule has 0 aromatic heterocycles. The van der Waals surface area contributed by atoms with Gasteiger partial charge >= 0.3 is 0 Å². The van der Waals surface area contributed by atoms with Gasteiger partial charge in [-0.05, 0) is 19.3 Å². The summed E-state index contributed by atoms with van der Waals surface area (Å²) in [6, 6.07) is -0.615. The van der Waals surface area contributed by atoms with Gasteiger partial charge in [0.15, 0.2) is 0 Å². The molecule has 0 radical (unpaired) electrons. The number of hydrogen-bond donors (Lipinski definition) is 3. The fraction of sp³-hybridized carbons (Fsp3) is 0.929. The molecule has 274 valence electrons. The molecule has 3 N–H and O–H groups in total. The van der Waals surface area contributed by atoms with Gasteiger partial charge in [0.25, 0.3) is 0 Å². The molecule has 0 fully saturated rings. The zero-order chi connectivity index (χ0) is 33.6. The Bertz CT molecular complexity index is 622. The number of unbranched alkanes of at least 4 members (excludes halogenated alkanes) is 31. The molecule has 4 heteroatoms. The Morgan fingerprint density at radius 3 is 1.13 bits per heavy atom. The summed E-state index contributed by atoms with van der Waals surface area (Å²) in [5.41, 5.74) is 0. The molecule has 0 unspecified atom stereocenters. The first-order chi connectivity index (χ1) is 22.7. The van der Waals surface area contributed by atoms with Crippen molar-refractivity contribution in [2.75, 3.05) is 6.61 Å². The normalized spacial score (nSPS) is 13.0. The first-order valence-electron chi connectivity index (χ1n) is 20.9. The topological polar surface area (TPSA) is 69.6 Å². The maximum atomic E-state index is 12.3. The smallest absolute Gasteiger partial charge is 0.220 e. The third kappa shape index (κ3) is 34.5. The summed E-state index contributed by atoms with van der Waals surface area (Å²) in [6.07, 6.45) is 47.4. The molecule has 46 heavy (non-hydrogen) atoms. The van der Waals surface area contributed by atoms with E-state index in [9.17, 15) is 15.0 Å². The number of amides is 1. The number of allylic oxidation sites excluding steroid dienone is 1. The summed E-state index contributed by atoms with van der Waals surface area (Å²) in [7, 11) is 0. The van der Waals surface area contributed by atoms with Gasteiger partial charge in [0.1, 0.15) is 0 Å². The lowest BCUT2D eigenvalue weighted by Crippen LogP contribution is -2.45. The van der Waals surface area contributed by atoms with E-state index in [1.165, 1.54) is 186 Å². The Morgan fingerprint density at radius 2 is 0.804 bits per heavy atom. The van der Waals surface area contributed by atoms with Crippen molar-refractivity contribution >= 4 is 5.91 Å². The molecule has 0 saturated heterocycles. The van der Waals surface area contributed by atoms with Crippen LogP contribution in [0.1, 0.15) is 232 Å². The van der Waals surface area contributed by atoms with Crippen LogP contribution >= 0.6 is 0 Å². The van der Waals surface area contributed by atoms with Gasteiger partial charge in [-0.25, -0.2) is 0 Å². The lowest BCUT2D eigenvalue weighted by Gasteiger charge is -2.20. The van der Waals surface area contributed by atoms with E-state index in [0.29, 0.717) is 6.42 Å². The van der Waals surface area contributed by atoms with Crippen LogP contribution in [0.15, 0.2) is 12.2 Å². The third-order valence-corrected chi connectivity index (χ3v) is 9.77. The molecule has 0 spiro atoms. The van der Waals surface area contributed by atoms with Crippen molar-refractivity contribution in [3.63, 3.8) is 0 Å². The summed E-state index contributed by atoms with van der Waals surface area (Å²) in [6.45, 7) is 4.32. The molecular weight excluding hydrogens is 566 g/mol. The van der Waals surface area contributed by atoms with Gasteiger partial charge < -0.3 is 15.5 Å². The SMILES string of the molecule is CCCCCCCCCCCCCC=C[C@H](O)[C@H](CO)NC(=O)CCCCCCCCCCCCCCCCCCCCCCC. The lowest BCUT2D eigenvalue weighted by molar-refractivity contribution is -0.123. The molecule has 4 nitrogen and oxygen atoms in total. The van der Waals surface area contributed by atoms with Gasteiger partial charge in [0, 0.05) is 6.42 Å². The highest BCUT2D eigenvalue weighted by Crippen LogP contribution is 2.16. The second-order valence-electron chi connectivity index (χ2n) is 14.4. The molecule has 0 aliphatic rings. The number of hydrogen-bond acceptors (Lipinski definition) is 3. The largest absolute Gasteiger partial charge is 0.394 e. The van der Waals surface area contributed by atoms with E-state index in [-0.39, 0.29) is 12.5 Å². The number of aliphatic hydroxyl groups is 2. The van der Waals surface area contributed by atoms with Crippen molar-refractivity contribution < 1.29 is 15.0 Å². The predicted octanol–water partition coefficient (Wildman–Crippen LogP) is 12.7. The van der Waals surface area contributed by atoms with Crippen molar-refractivity contribution in [1.29, 1.82) is 0 Å². The Labute approximate surface area is 288 Å². The Balaban J connectivity index is 3.51. The Kier molecular flexibility index (Phi) is 37.8. The van der Waals surface area contributed by atoms with Gasteiger partial charge in [-0.1, -0.05) is 219 Å². The van der Waals surface area contributed by atoms with Crippen LogP contribution in [0.25, 0.3) is 0 Å². The summed E-state index contributed by atoms with van der Waals surface area (Å²) < 4.78 is 0. The number of carbonyl (C=O) groups is 1. The zero-order valence-corrected chi connectivity index (χ0v) is 31.4. The van der Waals surface area contributed by atoms with Crippen molar-refractivity contribution in [2.24, 2.45) is 0 Å². The molecule has 0 bridgehead atoms. The number of carbonyl (C=O) groups excluding carboxylic acids is 1. The fourth-order valence-electron chi connectivity index (χ4n) is 6.53. The number of aliphatic hydroxyl groups excluding tert-OH is 2. The lowest BCUT2D eigenvalue weighted by atomic mass is 10.0. The van der Waals surface area contributed by atoms with Gasteiger partial charge in [0.05, 0.1) is 18.8 Å². The molecule has 0 saturated carbocycles. The van der Waals surface area contributed by atoms with Crippen molar-refractivity contribution in [2.45, 2.75) is 244 Å². The van der Waals surface area contributed by atoms with Gasteiger partial charge in [-0.3, -0.25) is 4.79 Å². The van der Waals surface area contributed by atoms with E-state index in [0.717, 1.165) is 25.7 Å². The molecular formula is C42H83NO3. The second-order valence-corrected chi connectivity index (χ2v) is 14.4. The summed E-state index contributed by atoms with van der Waals surface area (Å²) >= 11 is 0.